The zero-order valence-electron chi connectivity index (χ0n) is 14.6. The van der Waals surface area contributed by atoms with Crippen molar-refractivity contribution >= 4 is 11.4 Å². The smallest absolute Gasteiger partial charge is 0.284 e. The summed E-state index contributed by atoms with van der Waals surface area (Å²) in [6.45, 7) is 0. The Balaban J connectivity index is 1.58. The fourth-order valence-corrected chi connectivity index (χ4v) is 3.10. The molecule has 1 aliphatic heterocycles. The molecule has 1 aliphatic rings. The molecule has 1 atom stereocenters. The van der Waals surface area contributed by atoms with Gasteiger partial charge in [0.2, 0.25) is 0 Å². The second-order valence-electron chi connectivity index (χ2n) is 6.15. The van der Waals surface area contributed by atoms with Gasteiger partial charge in [-0.2, -0.15) is 5.10 Å². The van der Waals surface area contributed by atoms with Gasteiger partial charge >= 0.3 is 0 Å². The Bertz CT molecular complexity index is 1010. The monoisotopic (exact) mass is 363 g/mol. The lowest BCUT2D eigenvalue weighted by atomic mass is 10.0. The fourth-order valence-electron chi connectivity index (χ4n) is 3.10. The van der Waals surface area contributed by atoms with E-state index in [9.17, 15) is 10.1 Å². The van der Waals surface area contributed by atoms with Crippen LogP contribution in [0.4, 0.5) is 5.69 Å². The Morgan fingerprint density at radius 2 is 2.00 bits per heavy atom. The van der Waals surface area contributed by atoms with E-state index in [2.05, 4.69) is 10.5 Å². The minimum Gasteiger partial charge on any atom is -0.497 e. The zero-order valence-corrected chi connectivity index (χ0v) is 14.6. The standard InChI is InChI=1S/C20H17N3O4/c1-26-14-7-8-15(18(11-14)23(24)25)19-9-10-20(27-19)17-12-16(21-22-17)13-5-3-2-4-6-13/h2-11,17,22H,12H2,1H3. The van der Waals surface area contributed by atoms with Gasteiger partial charge in [-0.25, -0.2) is 0 Å². The molecule has 0 radical (unpaired) electrons. The Morgan fingerprint density at radius 1 is 1.19 bits per heavy atom. The van der Waals surface area contributed by atoms with Crippen LogP contribution >= 0.6 is 0 Å². The maximum Gasteiger partial charge on any atom is 0.284 e. The molecular formula is C20H17N3O4. The fraction of sp³-hybridized carbons (Fsp3) is 0.150. The summed E-state index contributed by atoms with van der Waals surface area (Å²) in [6.07, 6.45) is 0.682. The number of rotatable bonds is 5. The SMILES string of the molecule is COc1ccc(-c2ccc(C3CC(c4ccccc4)=NN3)o2)c([N+](=O)[O-])c1. The Morgan fingerprint density at radius 3 is 2.74 bits per heavy atom. The molecule has 1 aromatic heterocycles. The number of methoxy groups -OCH3 is 1. The van der Waals surface area contributed by atoms with E-state index >= 15 is 0 Å². The summed E-state index contributed by atoms with van der Waals surface area (Å²) in [6, 6.07) is 18.1. The topological polar surface area (TPSA) is 89.9 Å². The average molecular weight is 363 g/mol. The van der Waals surface area contributed by atoms with Gasteiger partial charge in [0.05, 0.1) is 29.4 Å². The Labute approximate surface area is 155 Å². The van der Waals surface area contributed by atoms with E-state index in [0.717, 1.165) is 11.3 Å². The highest BCUT2D eigenvalue weighted by atomic mass is 16.6. The van der Waals surface area contributed by atoms with Crippen molar-refractivity contribution in [2.45, 2.75) is 12.5 Å². The van der Waals surface area contributed by atoms with Crippen molar-refractivity contribution in [3.8, 4) is 17.1 Å². The number of nitrogens with one attached hydrogen (secondary N) is 1. The third-order valence-corrected chi connectivity index (χ3v) is 4.50. The average Bonchev–Trinajstić information content (AvgIpc) is 3.37. The van der Waals surface area contributed by atoms with E-state index < -0.39 is 4.92 Å². The van der Waals surface area contributed by atoms with Crippen LogP contribution in [0.1, 0.15) is 23.8 Å². The number of nitro groups is 1. The molecule has 4 rings (SSSR count). The molecule has 0 aliphatic carbocycles. The Hall–Kier alpha value is -3.61. The van der Waals surface area contributed by atoms with Gasteiger partial charge in [0.1, 0.15) is 23.3 Å². The summed E-state index contributed by atoms with van der Waals surface area (Å²) >= 11 is 0. The molecule has 0 fully saturated rings. The highest BCUT2D eigenvalue weighted by Gasteiger charge is 2.26. The molecule has 1 N–H and O–H groups in total. The zero-order chi connectivity index (χ0) is 18.8. The number of furan rings is 1. The van der Waals surface area contributed by atoms with Crippen molar-refractivity contribution in [2.75, 3.05) is 7.11 Å². The molecule has 3 aromatic rings. The first-order valence-corrected chi connectivity index (χ1v) is 8.46. The van der Waals surface area contributed by atoms with Crippen LogP contribution in [0.5, 0.6) is 5.75 Å². The first-order chi connectivity index (χ1) is 13.2. The lowest BCUT2D eigenvalue weighted by Crippen LogP contribution is -2.08. The van der Waals surface area contributed by atoms with E-state index in [-0.39, 0.29) is 11.7 Å². The van der Waals surface area contributed by atoms with Crippen LogP contribution in [-0.2, 0) is 0 Å². The van der Waals surface area contributed by atoms with Crippen molar-refractivity contribution in [3.63, 3.8) is 0 Å². The lowest BCUT2D eigenvalue weighted by molar-refractivity contribution is -0.384. The molecular weight excluding hydrogens is 346 g/mol. The number of hydrazone groups is 1. The van der Waals surface area contributed by atoms with E-state index in [1.165, 1.54) is 13.2 Å². The van der Waals surface area contributed by atoms with Crippen LogP contribution in [0.2, 0.25) is 0 Å². The maximum atomic E-state index is 11.4. The van der Waals surface area contributed by atoms with Gasteiger partial charge in [0.25, 0.3) is 5.69 Å². The van der Waals surface area contributed by atoms with Crippen molar-refractivity contribution in [1.29, 1.82) is 0 Å². The lowest BCUT2D eigenvalue weighted by Gasteiger charge is -2.07. The number of nitro benzene ring substituents is 1. The van der Waals surface area contributed by atoms with Crippen LogP contribution in [0.15, 0.2) is 70.2 Å². The summed E-state index contributed by atoms with van der Waals surface area (Å²) in [5.41, 5.74) is 5.45. The summed E-state index contributed by atoms with van der Waals surface area (Å²) < 4.78 is 11.0. The summed E-state index contributed by atoms with van der Waals surface area (Å²) in [5.74, 6) is 1.55. The van der Waals surface area contributed by atoms with Crippen LogP contribution in [0, 0.1) is 10.1 Å². The van der Waals surface area contributed by atoms with E-state index in [0.29, 0.717) is 29.3 Å². The van der Waals surface area contributed by atoms with E-state index in [4.69, 9.17) is 9.15 Å². The van der Waals surface area contributed by atoms with Gasteiger partial charge in [-0.05, 0) is 29.8 Å². The van der Waals surface area contributed by atoms with Gasteiger partial charge < -0.3 is 9.15 Å². The van der Waals surface area contributed by atoms with Crippen LogP contribution in [0.25, 0.3) is 11.3 Å². The van der Waals surface area contributed by atoms with E-state index in [1.807, 2.05) is 36.4 Å². The van der Waals surface area contributed by atoms with Gasteiger partial charge in [0.15, 0.2) is 0 Å². The van der Waals surface area contributed by atoms with Gasteiger partial charge in [-0.3, -0.25) is 15.5 Å². The molecule has 7 heteroatoms. The van der Waals surface area contributed by atoms with Crippen molar-refractivity contribution in [1.82, 2.24) is 5.43 Å². The quantitative estimate of drug-likeness (QED) is 0.539. The molecule has 7 nitrogen and oxygen atoms in total. The van der Waals surface area contributed by atoms with Crippen molar-refractivity contribution in [2.24, 2.45) is 5.10 Å². The number of benzene rings is 2. The Kier molecular flexibility index (Phi) is 4.33. The normalized spacial score (nSPS) is 15.9. The number of hydrogen-bond donors (Lipinski definition) is 1. The summed E-state index contributed by atoms with van der Waals surface area (Å²) in [4.78, 5) is 11.0. The molecule has 1 unspecified atom stereocenters. The molecule has 2 aromatic carbocycles. The summed E-state index contributed by atoms with van der Waals surface area (Å²) in [7, 11) is 1.47. The van der Waals surface area contributed by atoms with E-state index in [1.54, 1.807) is 18.2 Å². The highest BCUT2D eigenvalue weighted by molar-refractivity contribution is 6.01. The molecule has 0 saturated heterocycles. The van der Waals surface area contributed by atoms with Crippen molar-refractivity contribution in [3.05, 3.63) is 82.1 Å². The number of nitrogens with zero attached hydrogens (tertiary/aromatic N) is 2. The van der Waals surface area contributed by atoms with Crippen LogP contribution in [-0.4, -0.2) is 17.7 Å². The molecule has 0 amide bonds. The third-order valence-electron chi connectivity index (χ3n) is 4.50. The minimum absolute atomic E-state index is 0.0594. The largest absolute Gasteiger partial charge is 0.497 e. The number of ether oxygens (including phenoxy) is 1. The predicted octanol–water partition coefficient (Wildman–Crippen LogP) is 4.30. The van der Waals surface area contributed by atoms with Crippen molar-refractivity contribution < 1.29 is 14.1 Å². The molecule has 0 bridgehead atoms. The van der Waals surface area contributed by atoms with Crippen LogP contribution in [0.3, 0.4) is 0 Å². The molecule has 2 heterocycles. The summed E-state index contributed by atoms with van der Waals surface area (Å²) in [5, 5.41) is 15.8. The van der Waals surface area contributed by atoms with Crippen LogP contribution < -0.4 is 10.2 Å². The third kappa shape index (κ3) is 3.27. The predicted molar refractivity (Wildman–Crippen MR) is 101 cm³/mol. The first kappa shape index (κ1) is 16.8. The van der Waals surface area contributed by atoms with Gasteiger partial charge in [-0.1, -0.05) is 30.3 Å². The molecule has 0 spiro atoms. The first-order valence-electron chi connectivity index (χ1n) is 8.46. The maximum absolute atomic E-state index is 11.4. The minimum atomic E-state index is -0.440. The molecule has 136 valence electrons. The molecule has 0 saturated carbocycles. The second-order valence-corrected chi connectivity index (χ2v) is 6.15. The van der Waals surface area contributed by atoms with Gasteiger partial charge in [0, 0.05) is 6.42 Å². The second kappa shape index (κ2) is 6.95. The molecule has 27 heavy (non-hydrogen) atoms. The highest BCUT2D eigenvalue weighted by Crippen LogP contribution is 2.36. The van der Waals surface area contributed by atoms with Gasteiger partial charge in [-0.15, -0.1) is 0 Å². The number of hydrogen-bond acceptors (Lipinski definition) is 6.